The van der Waals surface area contributed by atoms with Gasteiger partial charge in [0.1, 0.15) is 5.82 Å². The van der Waals surface area contributed by atoms with Crippen molar-refractivity contribution in [2.75, 3.05) is 36.4 Å². The highest BCUT2D eigenvalue weighted by Crippen LogP contribution is 2.18. The summed E-state index contributed by atoms with van der Waals surface area (Å²) in [5.74, 6) is -0.387. The molecule has 0 bridgehead atoms. The van der Waals surface area contributed by atoms with Crippen molar-refractivity contribution in [1.82, 2.24) is 14.9 Å². The van der Waals surface area contributed by atoms with Gasteiger partial charge in [0.15, 0.2) is 5.13 Å². The van der Waals surface area contributed by atoms with Crippen LogP contribution < -0.4 is 10.2 Å². The van der Waals surface area contributed by atoms with Crippen LogP contribution in [0.5, 0.6) is 0 Å². The van der Waals surface area contributed by atoms with E-state index in [2.05, 4.69) is 25.1 Å². The summed E-state index contributed by atoms with van der Waals surface area (Å²) >= 11 is 1.40. The van der Waals surface area contributed by atoms with Crippen molar-refractivity contribution in [3.63, 3.8) is 0 Å². The number of amides is 1. The van der Waals surface area contributed by atoms with Crippen LogP contribution in [0.4, 0.5) is 15.2 Å². The first kappa shape index (κ1) is 15.8. The molecule has 8 heteroatoms. The maximum atomic E-state index is 13.3. The maximum absolute atomic E-state index is 13.3. The molecule has 0 saturated carbocycles. The second-order valence-corrected chi connectivity index (χ2v) is 6.28. The van der Waals surface area contributed by atoms with Crippen LogP contribution in [0, 0.1) is 5.82 Å². The van der Waals surface area contributed by atoms with E-state index in [4.69, 9.17) is 0 Å². The molecular weight excluding hydrogens is 317 g/mol. The van der Waals surface area contributed by atoms with Gasteiger partial charge in [-0.25, -0.2) is 9.37 Å². The number of aromatic nitrogens is 2. The van der Waals surface area contributed by atoms with Crippen molar-refractivity contribution in [1.29, 1.82) is 0 Å². The summed E-state index contributed by atoms with van der Waals surface area (Å²) < 4.78 is 13.3. The van der Waals surface area contributed by atoms with E-state index < -0.39 is 0 Å². The second kappa shape index (κ2) is 7.01. The summed E-state index contributed by atoms with van der Waals surface area (Å²) in [6.07, 6.45) is 4.53. The van der Waals surface area contributed by atoms with E-state index in [0.29, 0.717) is 5.13 Å². The van der Waals surface area contributed by atoms with Crippen molar-refractivity contribution in [2.24, 2.45) is 0 Å². The summed E-state index contributed by atoms with van der Waals surface area (Å²) in [4.78, 5) is 24.4. The summed E-state index contributed by atoms with van der Waals surface area (Å²) in [5.41, 5.74) is 0.782. The van der Waals surface area contributed by atoms with Gasteiger partial charge in [-0.2, -0.15) is 0 Å². The van der Waals surface area contributed by atoms with Gasteiger partial charge in [-0.1, -0.05) is 0 Å². The molecule has 6 nitrogen and oxygen atoms in total. The number of hydrogen-bond donors (Lipinski definition) is 1. The van der Waals surface area contributed by atoms with E-state index in [-0.39, 0.29) is 17.8 Å². The number of thiazole rings is 1. The van der Waals surface area contributed by atoms with E-state index in [0.717, 1.165) is 31.9 Å². The van der Waals surface area contributed by atoms with E-state index in [1.165, 1.54) is 23.6 Å². The number of rotatable bonds is 4. The van der Waals surface area contributed by atoms with Gasteiger partial charge in [-0.3, -0.25) is 14.7 Å². The molecule has 1 atom stereocenters. The van der Waals surface area contributed by atoms with Crippen LogP contribution >= 0.6 is 11.3 Å². The Kier molecular flexibility index (Phi) is 4.82. The molecule has 2 aromatic heterocycles. The summed E-state index contributed by atoms with van der Waals surface area (Å²) in [5, 5.41) is 5.27. The monoisotopic (exact) mass is 335 g/mol. The van der Waals surface area contributed by atoms with Crippen LogP contribution in [0.15, 0.2) is 30.0 Å². The van der Waals surface area contributed by atoms with Gasteiger partial charge in [0.25, 0.3) is 0 Å². The Morgan fingerprint density at radius 3 is 2.78 bits per heavy atom. The molecule has 1 aliphatic rings. The highest BCUT2D eigenvalue weighted by molar-refractivity contribution is 7.13. The van der Waals surface area contributed by atoms with Crippen molar-refractivity contribution in [2.45, 2.75) is 13.0 Å². The highest BCUT2D eigenvalue weighted by Gasteiger charge is 2.26. The second-order valence-electron chi connectivity index (χ2n) is 5.39. The molecule has 2 aromatic rings. The maximum Gasteiger partial charge on any atom is 0.243 e. The first-order valence-electron chi connectivity index (χ1n) is 7.43. The molecule has 0 aromatic carbocycles. The Labute approximate surface area is 138 Å². The van der Waals surface area contributed by atoms with Gasteiger partial charge < -0.3 is 10.2 Å². The van der Waals surface area contributed by atoms with E-state index in [9.17, 15) is 9.18 Å². The fourth-order valence-corrected chi connectivity index (χ4v) is 3.13. The van der Waals surface area contributed by atoms with Crippen molar-refractivity contribution in [3.8, 4) is 0 Å². The van der Waals surface area contributed by atoms with Gasteiger partial charge in [-0.15, -0.1) is 11.3 Å². The molecular formula is C15H18FN5OS. The molecule has 3 heterocycles. The lowest BCUT2D eigenvalue weighted by atomic mass is 10.2. The lowest BCUT2D eigenvalue weighted by molar-refractivity contribution is -0.120. The Balaban J connectivity index is 1.54. The molecule has 1 aliphatic heterocycles. The van der Waals surface area contributed by atoms with Crippen molar-refractivity contribution < 1.29 is 9.18 Å². The molecule has 1 fully saturated rings. The lowest BCUT2D eigenvalue weighted by Gasteiger charge is -2.38. The predicted molar refractivity (Wildman–Crippen MR) is 88.2 cm³/mol. The molecule has 0 spiro atoms. The number of carbonyl (C=O) groups excluding carboxylic acids is 1. The molecule has 0 radical (unpaired) electrons. The fourth-order valence-electron chi connectivity index (χ4n) is 2.60. The largest absolute Gasteiger partial charge is 0.368 e. The number of pyridine rings is 1. The Morgan fingerprint density at radius 1 is 1.35 bits per heavy atom. The zero-order valence-electron chi connectivity index (χ0n) is 12.8. The van der Waals surface area contributed by atoms with E-state index >= 15 is 0 Å². The number of anilines is 2. The number of nitrogens with one attached hydrogen (secondary N) is 1. The summed E-state index contributed by atoms with van der Waals surface area (Å²) in [6.45, 7) is 4.84. The molecule has 23 heavy (non-hydrogen) atoms. The third-order valence-corrected chi connectivity index (χ3v) is 4.65. The van der Waals surface area contributed by atoms with Gasteiger partial charge >= 0.3 is 0 Å². The number of hydrogen-bond acceptors (Lipinski definition) is 6. The molecule has 1 N–H and O–H groups in total. The van der Waals surface area contributed by atoms with Crippen LogP contribution in [-0.2, 0) is 4.79 Å². The average Bonchev–Trinajstić information content (AvgIpc) is 3.07. The quantitative estimate of drug-likeness (QED) is 0.924. The molecule has 122 valence electrons. The van der Waals surface area contributed by atoms with Gasteiger partial charge in [-0.05, 0) is 6.92 Å². The third-order valence-electron chi connectivity index (χ3n) is 3.96. The van der Waals surface area contributed by atoms with Crippen LogP contribution in [0.3, 0.4) is 0 Å². The average molecular weight is 335 g/mol. The Morgan fingerprint density at radius 2 is 2.13 bits per heavy atom. The minimum absolute atomic E-state index is 0.0548. The lowest BCUT2D eigenvalue weighted by Crippen LogP contribution is -2.52. The fraction of sp³-hybridized carbons (Fsp3) is 0.400. The van der Waals surface area contributed by atoms with Crippen molar-refractivity contribution in [3.05, 3.63) is 35.9 Å². The molecule has 1 saturated heterocycles. The SMILES string of the molecule is CC(C(=O)Nc1nccs1)N1CCN(c2cncc(F)c2)CC1. The molecule has 1 unspecified atom stereocenters. The van der Waals surface area contributed by atoms with Gasteiger partial charge in [0.2, 0.25) is 5.91 Å². The molecule has 3 rings (SSSR count). The van der Waals surface area contributed by atoms with Crippen LogP contribution in [-0.4, -0.2) is 53.0 Å². The third kappa shape index (κ3) is 3.83. The Hall–Kier alpha value is -2.06. The normalized spacial score (nSPS) is 17.0. The van der Waals surface area contributed by atoms with E-state index in [1.54, 1.807) is 12.4 Å². The van der Waals surface area contributed by atoms with Crippen LogP contribution in [0.1, 0.15) is 6.92 Å². The van der Waals surface area contributed by atoms with Gasteiger partial charge in [0.05, 0.1) is 24.1 Å². The number of halogens is 1. The number of carbonyl (C=O) groups is 1. The summed E-state index contributed by atoms with van der Waals surface area (Å²) in [7, 11) is 0. The summed E-state index contributed by atoms with van der Waals surface area (Å²) in [6, 6.07) is 1.26. The zero-order chi connectivity index (χ0) is 16.2. The van der Waals surface area contributed by atoms with Gasteiger partial charge in [0, 0.05) is 43.8 Å². The number of piperazine rings is 1. The minimum Gasteiger partial charge on any atom is -0.368 e. The standard InChI is InChI=1S/C15H18FN5OS/c1-11(14(22)19-15-18-2-7-23-15)20-3-5-21(6-4-20)13-8-12(16)9-17-10-13/h2,7-11H,3-6H2,1H3,(H,18,19,22). The predicted octanol–water partition coefficient (Wildman–Crippen LogP) is 1.83. The molecule has 0 aliphatic carbocycles. The number of nitrogens with zero attached hydrogens (tertiary/aromatic N) is 4. The zero-order valence-corrected chi connectivity index (χ0v) is 13.6. The highest BCUT2D eigenvalue weighted by atomic mass is 32.1. The van der Waals surface area contributed by atoms with Crippen LogP contribution in [0.25, 0.3) is 0 Å². The smallest absolute Gasteiger partial charge is 0.243 e. The minimum atomic E-state index is -0.332. The Bertz CT molecular complexity index is 658. The first-order chi connectivity index (χ1) is 11.1. The molecule has 1 amide bonds. The first-order valence-corrected chi connectivity index (χ1v) is 8.31. The topological polar surface area (TPSA) is 61.4 Å². The van der Waals surface area contributed by atoms with E-state index in [1.807, 2.05) is 12.3 Å². The van der Waals surface area contributed by atoms with Crippen molar-refractivity contribution >= 4 is 28.1 Å². The van der Waals surface area contributed by atoms with Crippen LogP contribution in [0.2, 0.25) is 0 Å².